The number of carbonyl (C=O) groups is 2. The van der Waals surface area contributed by atoms with Crippen LogP contribution in [0.5, 0.6) is 17.2 Å². The lowest BCUT2D eigenvalue weighted by Crippen LogP contribution is -2.22. The van der Waals surface area contributed by atoms with Crippen molar-refractivity contribution < 1.29 is 37.3 Å². The molecule has 1 N–H and O–H groups in total. The third kappa shape index (κ3) is 4.84. The zero-order valence-electron chi connectivity index (χ0n) is 13.9. The second-order valence-electron chi connectivity index (χ2n) is 5.36. The van der Waals surface area contributed by atoms with Gasteiger partial charge in [-0.05, 0) is 24.3 Å². The fourth-order valence-corrected chi connectivity index (χ4v) is 2.36. The van der Waals surface area contributed by atoms with Gasteiger partial charge in [0.05, 0.1) is 0 Å². The molecule has 0 radical (unpaired) electrons. The van der Waals surface area contributed by atoms with Crippen LogP contribution in [0.1, 0.15) is 10.4 Å². The summed E-state index contributed by atoms with van der Waals surface area (Å²) in [5.41, 5.74) is 0.228. The summed E-state index contributed by atoms with van der Waals surface area (Å²) in [6.45, 7) is -2.83. The molecule has 1 amide bonds. The predicted octanol–water partition coefficient (Wildman–Crippen LogP) is 2.85. The number of amides is 1. The maximum absolute atomic E-state index is 12.4. The summed E-state index contributed by atoms with van der Waals surface area (Å²) >= 11 is 0. The number of benzene rings is 2. The van der Waals surface area contributed by atoms with Crippen molar-refractivity contribution in [2.24, 2.45) is 0 Å². The summed E-state index contributed by atoms with van der Waals surface area (Å²) in [5, 5.41) is 2.54. The molecule has 0 unspecified atom stereocenters. The monoisotopic (exact) mass is 379 g/mol. The Labute approximate surface area is 152 Å². The minimum absolute atomic E-state index is 0.204. The van der Waals surface area contributed by atoms with Gasteiger partial charge in [0.25, 0.3) is 5.91 Å². The second kappa shape index (κ2) is 8.35. The number of halogens is 2. The third-order valence-electron chi connectivity index (χ3n) is 3.48. The Bertz CT molecular complexity index is 842. The zero-order chi connectivity index (χ0) is 19.2. The molecule has 1 aliphatic rings. The number of fused-ring (bicyclic) bond motifs is 1. The number of nitrogens with one attached hydrogen (secondary N) is 1. The highest BCUT2D eigenvalue weighted by molar-refractivity contribution is 5.96. The van der Waals surface area contributed by atoms with E-state index >= 15 is 0 Å². The molecule has 9 heteroatoms. The maximum atomic E-state index is 12.4. The number of alkyl halides is 2. The SMILES string of the molecule is O=C(COC(=O)c1ccccc1OC(F)F)Nc1ccc2c(c1)OCCO2. The van der Waals surface area contributed by atoms with Crippen molar-refractivity contribution >= 4 is 17.6 Å². The fourth-order valence-electron chi connectivity index (χ4n) is 2.36. The molecule has 2 aromatic carbocycles. The van der Waals surface area contributed by atoms with Crippen LogP contribution in [0, 0.1) is 0 Å². The van der Waals surface area contributed by atoms with E-state index in [-0.39, 0.29) is 11.3 Å². The first-order chi connectivity index (χ1) is 13.0. The van der Waals surface area contributed by atoms with Crippen molar-refractivity contribution in [1.82, 2.24) is 0 Å². The van der Waals surface area contributed by atoms with Crippen molar-refractivity contribution in [3.05, 3.63) is 48.0 Å². The van der Waals surface area contributed by atoms with Gasteiger partial charge < -0.3 is 24.3 Å². The van der Waals surface area contributed by atoms with Crippen molar-refractivity contribution in [2.75, 3.05) is 25.1 Å². The molecule has 0 bridgehead atoms. The Morgan fingerprint density at radius 1 is 1.07 bits per heavy atom. The van der Waals surface area contributed by atoms with Crippen molar-refractivity contribution in [3.63, 3.8) is 0 Å². The smallest absolute Gasteiger partial charge is 0.387 e. The van der Waals surface area contributed by atoms with E-state index in [0.29, 0.717) is 30.4 Å². The van der Waals surface area contributed by atoms with Gasteiger partial charge in [0.15, 0.2) is 18.1 Å². The Kier molecular flexibility index (Phi) is 5.70. The molecule has 0 fully saturated rings. The van der Waals surface area contributed by atoms with E-state index in [9.17, 15) is 18.4 Å². The van der Waals surface area contributed by atoms with Crippen LogP contribution >= 0.6 is 0 Å². The summed E-state index contributed by atoms with van der Waals surface area (Å²) in [6.07, 6.45) is 0. The van der Waals surface area contributed by atoms with Crippen LogP contribution in [-0.2, 0) is 9.53 Å². The van der Waals surface area contributed by atoms with E-state index in [2.05, 4.69) is 10.1 Å². The zero-order valence-corrected chi connectivity index (χ0v) is 13.9. The first kappa shape index (κ1) is 18.4. The number of carbonyl (C=O) groups excluding carboxylic acids is 2. The Morgan fingerprint density at radius 2 is 1.81 bits per heavy atom. The average Bonchev–Trinajstić information content (AvgIpc) is 2.66. The minimum atomic E-state index is -3.09. The first-order valence-electron chi connectivity index (χ1n) is 7.93. The summed E-state index contributed by atoms with van der Waals surface area (Å²) in [7, 11) is 0. The van der Waals surface area contributed by atoms with Gasteiger partial charge in [-0.3, -0.25) is 4.79 Å². The Hall–Kier alpha value is -3.36. The van der Waals surface area contributed by atoms with Crippen LogP contribution < -0.4 is 19.5 Å². The van der Waals surface area contributed by atoms with Crippen LogP contribution in [0.4, 0.5) is 14.5 Å². The molecule has 0 saturated heterocycles. The van der Waals surface area contributed by atoms with Crippen molar-refractivity contribution in [2.45, 2.75) is 6.61 Å². The van der Waals surface area contributed by atoms with E-state index in [1.54, 1.807) is 18.2 Å². The number of rotatable bonds is 6. The summed E-state index contributed by atoms with van der Waals surface area (Å²) in [5.74, 6) is -0.823. The van der Waals surface area contributed by atoms with E-state index in [4.69, 9.17) is 14.2 Å². The van der Waals surface area contributed by atoms with Gasteiger partial charge in [-0.25, -0.2) is 4.79 Å². The van der Waals surface area contributed by atoms with Gasteiger partial charge in [0.2, 0.25) is 0 Å². The molecule has 3 rings (SSSR count). The van der Waals surface area contributed by atoms with E-state index < -0.39 is 25.1 Å². The highest BCUT2D eigenvalue weighted by Gasteiger charge is 2.18. The molecule has 0 aliphatic carbocycles. The minimum Gasteiger partial charge on any atom is -0.486 e. The van der Waals surface area contributed by atoms with Gasteiger partial charge in [-0.1, -0.05) is 12.1 Å². The number of hydrogen-bond donors (Lipinski definition) is 1. The number of ether oxygens (including phenoxy) is 4. The van der Waals surface area contributed by atoms with Gasteiger partial charge >= 0.3 is 12.6 Å². The molecule has 0 atom stereocenters. The standard InChI is InChI=1S/C18H15F2NO6/c19-18(20)27-13-4-2-1-3-12(13)17(23)26-10-16(22)21-11-5-6-14-15(9-11)25-8-7-24-14/h1-6,9,18H,7-8,10H2,(H,21,22). The quantitative estimate of drug-likeness (QED) is 0.777. The largest absolute Gasteiger partial charge is 0.486 e. The molecular weight excluding hydrogens is 364 g/mol. The van der Waals surface area contributed by atoms with Crippen molar-refractivity contribution in [3.8, 4) is 17.2 Å². The van der Waals surface area contributed by atoms with Crippen LogP contribution in [0.2, 0.25) is 0 Å². The molecule has 1 heterocycles. The number of anilines is 1. The average molecular weight is 379 g/mol. The Balaban J connectivity index is 1.57. The van der Waals surface area contributed by atoms with Crippen LogP contribution in [0.25, 0.3) is 0 Å². The van der Waals surface area contributed by atoms with Crippen LogP contribution in [0.15, 0.2) is 42.5 Å². The molecule has 0 spiro atoms. The molecule has 0 aromatic heterocycles. The van der Waals surface area contributed by atoms with Gasteiger partial charge in [0.1, 0.15) is 24.5 Å². The molecular formula is C18H15F2NO6. The summed E-state index contributed by atoms with van der Waals surface area (Å²) in [4.78, 5) is 24.0. The summed E-state index contributed by atoms with van der Waals surface area (Å²) < 4.78 is 44.7. The summed E-state index contributed by atoms with van der Waals surface area (Å²) in [6, 6.07) is 10.2. The van der Waals surface area contributed by atoms with E-state index in [1.165, 1.54) is 24.3 Å². The van der Waals surface area contributed by atoms with E-state index in [1.807, 2.05) is 0 Å². The second-order valence-corrected chi connectivity index (χ2v) is 5.36. The van der Waals surface area contributed by atoms with Gasteiger partial charge in [-0.2, -0.15) is 8.78 Å². The highest BCUT2D eigenvalue weighted by atomic mass is 19.3. The molecule has 0 saturated carbocycles. The number of para-hydroxylation sites is 1. The lowest BCUT2D eigenvalue weighted by molar-refractivity contribution is -0.119. The number of hydrogen-bond acceptors (Lipinski definition) is 6. The molecule has 1 aliphatic heterocycles. The van der Waals surface area contributed by atoms with Crippen LogP contribution in [-0.4, -0.2) is 38.3 Å². The highest BCUT2D eigenvalue weighted by Crippen LogP contribution is 2.32. The normalized spacial score (nSPS) is 12.4. The van der Waals surface area contributed by atoms with Crippen LogP contribution in [0.3, 0.4) is 0 Å². The molecule has 142 valence electrons. The van der Waals surface area contributed by atoms with Gasteiger partial charge in [-0.15, -0.1) is 0 Å². The lowest BCUT2D eigenvalue weighted by Gasteiger charge is -2.19. The predicted molar refractivity (Wildman–Crippen MR) is 89.4 cm³/mol. The van der Waals surface area contributed by atoms with Gasteiger partial charge in [0, 0.05) is 11.8 Å². The van der Waals surface area contributed by atoms with E-state index in [0.717, 1.165) is 0 Å². The molecule has 2 aromatic rings. The first-order valence-corrected chi connectivity index (χ1v) is 7.93. The van der Waals surface area contributed by atoms with Crippen molar-refractivity contribution in [1.29, 1.82) is 0 Å². The molecule has 7 nitrogen and oxygen atoms in total. The maximum Gasteiger partial charge on any atom is 0.387 e. The Morgan fingerprint density at radius 3 is 2.59 bits per heavy atom. The molecule has 27 heavy (non-hydrogen) atoms. The fraction of sp³-hybridized carbons (Fsp3) is 0.222. The third-order valence-corrected chi connectivity index (χ3v) is 3.48. The lowest BCUT2D eigenvalue weighted by atomic mass is 10.2. The topological polar surface area (TPSA) is 83.1 Å². The number of esters is 1.